The Morgan fingerprint density at radius 3 is 2.08 bits per heavy atom. The Morgan fingerprint density at radius 2 is 1.50 bits per heavy atom. The first-order valence-electron chi connectivity index (χ1n) is 12.9. The Morgan fingerprint density at radius 1 is 0.921 bits per heavy atom. The zero-order valence-electron chi connectivity index (χ0n) is 24.0. The molecule has 0 saturated heterocycles. The monoisotopic (exact) mass is 569 g/mol. The molecule has 3 amide bonds. The van der Waals surface area contributed by atoms with Gasteiger partial charge in [0, 0.05) is 24.4 Å². The van der Waals surface area contributed by atoms with Gasteiger partial charge in [-0.2, -0.15) is 0 Å². The largest absolute Gasteiger partial charge is 0.469 e. The Hall–Kier alpha value is -2.43. The summed E-state index contributed by atoms with van der Waals surface area (Å²) in [5, 5.41) is 8.15. The van der Waals surface area contributed by atoms with Crippen molar-refractivity contribution in [3.63, 3.8) is 0 Å². The minimum atomic E-state index is -1.96. The van der Waals surface area contributed by atoms with E-state index in [1.54, 1.807) is 19.9 Å². The lowest BCUT2D eigenvalue weighted by Gasteiger charge is -2.36. The molecule has 0 saturated carbocycles. The fourth-order valence-corrected chi connectivity index (χ4v) is 4.28. The number of hydrogen-bond acceptors (Lipinski definition) is 6. The molecule has 1 rings (SSSR count). The molecule has 0 fully saturated rings. The van der Waals surface area contributed by atoms with Crippen LogP contribution in [0.3, 0.4) is 0 Å². The van der Waals surface area contributed by atoms with Gasteiger partial charge in [-0.05, 0) is 68.1 Å². The number of methoxy groups -OCH3 is 1. The minimum Gasteiger partial charge on any atom is -0.469 e. The van der Waals surface area contributed by atoms with Crippen molar-refractivity contribution < 1.29 is 28.3 Å². The number of benzene rings is 1. The number of unbranched alkanes of at least 4 members (excludes halogenated alkanes) is 1. The van der Waals surface area contributed by atoms with Crippen LogP contribution in [0.5, 0.6) is 0 Å². The fourth-order valence-electron chi connectivity index (χ4n) is 3.17. The van der Waals surface area contributed by atoms with Crippen molar-refractivity contribution in [1.82, 2.24) is 10.6 Å². The van der Waals surface area contributed by atoms with E-state index in [-0.39, 0.29) is 35.6 Å². The normalized spacial score (nSPS) is 13.3. The van der Waals surface area contributed by atoms with Gasteiger partial charge in [0.15, 0.2) is 8.32 Å². The van der Waals surface area contributed by atoms with Crippen molar-refractivity contribution >= 4 is 49.3 Å². The smallest absolute Gasteiger partial charge is 0.305 e. The number of anilines is 1. The first-order chi connectivity index (χ1) is 17.6. The molecule has 1 aromatic carbocycles. The summed E-state index contributed by atoms with van der Waals surface area (Å²) in [6.07, 6.45) is 1.44. The van der Waals surface area contributed by atoms with Crippen molar-refractivity contribution in [1.29, 1.82) is 0 Å². The minimum absolute atomic E-state index is 0.0723. The van der Waals surface area contributed by atoms with Gasteiger partial charge in [-0.1, -0.05) is 26.8 Å². The highest BCUT2D eigenvalue weighted by Gasteiger charge is 2.37. The van der Waals surface area contributed by atoms with Crippen LogP contribution in [0.4, 0.5) is 5.69 Å². The standard InChI is InChI=1S/C27H44ClN3O6Si/c1-18(29-23(32)11-9-10-12-24(33)36-6)25(34)30-19(2)26(35)31-22-14-20(16-28)13-21(15-22)17-37-38(7,8)27(3,4)5/h13-15,18-19H,9-12,16-17H2,1-8H3,(H,29,32)(H,30,34)(H,31,35)/t18-,19-/m0/s1. The van der Waals surface area contributed by atoms with Gasteiger partial charge >= 0.3 is 5.97 Å². The van der Waals surface area contributed by atoms with Gasteiger partial charge < -0.3 is 25.1 Å². The third-order valence-electron chi connectivity index (χ3n) is 6.67. The molecule has 1 aromatic rings. The van der Waals surface area contributed by atoms with E-state index in [9.17, 15) is 19.2 Å². The number of halogens is 1. The lowest BCUT2D eigenvalue weighted by atomic mass is 10.1. The number of carbonyl (C=O) groups excluding carboxylic acids is 4. The molecular formula is C27H44ClN3O6Si. The Kier molecular flexibility index (Phi) is 13.5. The van der Waals surface area contributed by atoms with E-state index in [0.717, 1.165) is 11.1 Å². The zero-order chi connectivity index (χ0) is 29.1. The molecule has 0 unspecified atom stereocenters. The molecule has 0 aliphatic heterocycles. The lowest BCUT2D eigenvalue weighted by Crippen LogP contribution is -2.50. The summed E-state index contributed by atoms with van der Waals surface area (Å²) in [7, 11) is -0.640. The van der Waals surface area contributed by atoms with Crippen LogP contribution in [0.2, 0.25) is 18.1 Å². The van der Waals surface area contributed by atoms with E-state index in [2.05, 4.69) is 54.6 Å². The highest BCUT2D eigenvalue weighted by Crippen LogP contribution is 2.37. The van der Waals surface area contributed by atoms with Crippen molar-refractivity contribution in [2.24, 2.45) is 0 Å². The van der Waals surface area contributed by atoms with Crippen molar-refractivity contribution in [3.8, 4) is 0 Å². The molecule has 11 heteroatoms. The van der Waals surface area contributed by atoms with Crippen LogP contribution in [-0.4, -0.2) is 51.2 Å². The van der Waals surface area contributed by atoms with Crippen molar-refractivity contribution in [2.75, 3.05) is 12.4 Å². The van der Waals surface area contributed by atoms with E-state index in [0.29, 0.717) is 25.1 Å². The number of rotatable bonds is 14. The first-order valence-corrected chi connectivity index (χ1v) is 16.3. The van der Waals surface area contributed by atoms with E-state index >= 15 is 0 Å². The molecule has 0 aliphatic carbocycles. The second kappa shape index (κ2) is 15.2. The molecule has 0 spiro atoms. The number of esters is 1. The number of carbonyl (C=O) groups is 4. The van der Waals surface area contributed by atoms with Gasteiger partial charge in [-0.15, -0.1) is 11.6 Å². The van der Waals surface area contributed by atoms with Crippen LogP contribution in [0.25, 0.3) is 0 Å². The van der Waals surface area contributed by atoms with Crippen molar-refractivity contribution in [2.45, 2.75) is 103 Å². The summed E-state index contributed by atoms with van der Waals surface area (Å²) < 4.78 is 10.9. The van der Waals surface area contributed by atoms with Gasteiger partial charge in [0.05, 0.1) is 13.7 Å². The van der Waals surface area contributed by atoms with Crippen LogP contribution >= 0.6 is 11.6 Å². The molecule has 2 atom stereocenters. The number of hydrogen-bond donors (Lipinski definition) is 3. The molecule has 0 radical (unpaired) electrons. The van der Waals surface area contributed by atoms with E-state index < -0.39 is 32.2 Å². The van der Waals surface area contributed by atoms with Gasteiger partial charge in [-0.3, -0.25) is 19.2 Å². The molecule has 0 bridgehead atoms. The van der Waals surface area contributed by atoms with E-state index in [1.165, 1.54) is 7.11 Å². The summed E-state index contributed by atoms with van der Waals surface area (Å²) in [4.78, 5) is 48.5. The first kappa shape index (κ1) is 33.6. The third kappa shape index (κ3) is 11.5. The predicted octanol–water partition coefficient (Wildman–Crippen LogP) is 4.63. The van der Waals surface area contributed by atoms with Gasteiger partial charge in [0.2, 0.25) is 17.7 Å². The summed E-state index contributed by atoms with van der Waals surface area (Å²) >= 11 is 6.08. The third-order valence-corrected chi connectivity index (χ3v) is 11.5. The fraction of sp³-hybridized carbons (Fsp3) is 0.630. The molecule has 3 N–H and O–H groups in total. The number of ether oxygens (including phenoxy) is 1. The zero-order valence-corrected chi connectivity index (χ0v) is 25.7. The second-order valence-electron chi connectivity index (χ2n) is 11.0. The summed E-state index contributed by atoms with van der Waals surface area (Å²) in [6.45, 7) is 14.4. The van der Waals surface area contributed by atoms with Gasteiger partial charge in [0.25, 0.3) is 0 Å². The average molecular weight is 570 g/mol. The average Bonchev–Trinajstić information content (AvgIpc) is 2.84. The van der Waals surface area contributed by atoms with Crippen LogP contribution in [-0.2, 0) is 40.8 Å². The van der Waals surface area contributed by atoms with Crippen LogP contribution in [0.1, 0.15) is 71.4 Å². The van der Waals surface area contributed by atoms with Crippen LogP contribution in [0, 0.1) is 0 Å². The highest BCUT2D eigenvalue weighted by molar-refractivity contribution is 6.74. The van der Waals surface area contributed by atoms with E-state index in [4.69, 9.17) is 16.0 Å². The number of alkyl halides is 1. The molecule has 9 nitrogen and oxygen atoms in total. The van der Waals surface area contributed by atoms with Gasteiger partial charge in [-0.25, -0.2) is 0 Å². The Balaban J connectivity index is 2.66. The number of nitrogens with one attached hydrogen (secondary N) is 3. The van der Waals surface area contributed by atoms with Gasteiger partial charge in [0.1, 0.15) is 12.1 Å². The molecule has 0 heterocycles. The topological polar surface area (TPSA) is 123 Å². The molecule has 0 aromatic heterocycles. The predicted molar refractivity (Wildman–Crippen MR) is 152 cm³/mol. The molecule has 0 aliphatic rings. The second-order valence-corrected chi connectivity index (χ2v) is 16.1. The summed E-state index contributed by atoms with van der Waals surface area (Å²) in [5.74, 6) is -1.23. The molecular weight excluding hydrogens is 526 g/mol. The maximum atomic E-state index is 12.8. The quantitative estimate of drug-likeness (QED) is 0.130. The SMILES string of the molecule is COC(=O)CCCCC(=O)N[C@@H](C)C(=O)N[C@@H](C)C(=O)Nc1cc(CCl)cc(CO[Si](C)(C)C(C)(C)C)c1. The maximum absolute atomic E-state index is 12.8. The summed E-state index contributed by atoms with van der Waals surface area (Å²) in [6, 6.07) is 3.93. The van der Waals surface area contributed by atoms with E-state index in [1.807, 2.05) is 12.1 Å². The highest BCUT2D eigenvalue weighted by atomic mass is 35.5. The van der Waals surface area contributed by atoms with Crippen LogP contribution in [0.15, 0.2) is 18.2 Å². The Bertz CT molecular complexity index is 980. The maximum Gasteiger partial charge on any atom is 0.305 e. The molecule has 214 valence electrons. The summed E-state index contributed by atoms with van der Waals surface area (Å²) in [5.41, 5.74) is 2.32. The Labute approximate surface area is 232 Å². The van der Waals surface area contributed by atoms with Crippen LogP contribution < -0.4 is 16.0 Å². The molecule has 38 heavy (non-hydrogen) atoms. The van der Waals surface area contributed by atoms with Crippen molar-refractivity contribution in [3.05, 3.63) is 29.3 Å². The number of amides is 3. The lowest BCUT2D eigenvalue weighted by molar-refractivity contribution is -0.140.